The van der Waals surface area contributed by atoms with Gasteiger partial charge in [-0.2, -0.15) is 15.6 Å². The van der Waals surface area contributed by atoms with E-state index >= 15 is 0 Å². The third-order valence-electron chi connectivity index (χ3n) is 2.60. The molecule has 1 aromatic carbocycles. The summed E-state index contributed by atoms with van der Waals surface area (Å²) >= 11 is 2.30. The summed E-state index contributed by atoms with van der Waals surface area (Å²) in [6.07, 6.45) is 0. The Morgan fingerprint density at radius 1 is 0.952 bits per heavy atom. The van der Waals surface area contributed by atoms with Gasteiger partial charge in [0.2, 0.25) is 0 Å². The third kappa shape index (κ3) is 6.35. The zero-order valence-corrected chi connectivity index (χ0v) is 15.7. The van der Waals surface area contributed by atoms with E-state index in [0.29, 0.717) is 14.5 Å². The smallest absolute Gasteiger partial charge is 0.109 e. The summed E-state index contributed by atoms with van der Waals surface area (Å²) in [5, 5.41) is 1.73. The summed E-state index contributed by atoms with van der Waals surface area (Å²) in [4.78, 5) is 0. The van der Waals surface area contributed by atoms with E-state index in [0.717, 1.165) is 10.9 Å². The first-order chi connectivity index (χ1) is 9.53. The molecule has 0 unspecified atom stereocenters. The van der Waals surface area contributed by atoms with Gasteiger partial charge in [-0.1, -0.05) is 59.7 Å². The summed E-state index contributed by atoms with van der Waals surface area (Å²) in [5.41, 5.74) is 1.07. The van der Waals surface area contributed by atoms with Crippen LogP contribution in [0.4, 0.5) is 3.89 Å². The second-order valence-electron chi connectivity index (χ2n) is 7.00. The molecule has 4 heteroatoms. The lowest BCUT2D eigenvalue weighted by molar-refractivity contribution is 0.740. The molecule has 21 heavy (non-hydrogen) atoms. The first-order valence-corrected chi connectivity index (χ1v) is 8.60. The van der Waals surface area contributed by atoms with Gasteiger partial charge in [0.15, 0.2) is 0 Å². The molecule has 0 fully saturated rings. The molecule has 0 aliphatic rings. The Balaban J connectivity index is 0.000000222. The summed E-state index contributed by atoms with van der Waals surface area (Å²) < 4.78 is 15.0. The van der Waals surface area contributed by atoms with Crippen LogP contribution < -0.4 is 0 Å². The zero-order valence-electron chi connectivity index (χ0n) is 14.0. The highest BCUT2D eigenvalue weighted by Gasteiger charge is 2.20. The molecule has 0 bridgehead atoms. The second-order valence-corrected chi connectivity index (χ2v) is 10.2. The second kappa shape index (κ2) is 7.10. The van der Waals surface area contributed by atoms with E-state index in [4.69, 9.17) is 0 Å². The molecule has 1 aromatic heterocycles. The van der Waals surface area contributed by atoms with Gasteiger partial charge in [0.1, 0.15) is 5.03 Å². The fourth-order valence-corrected chi connectivity index (χ4v) is 4.47. The Morgan fingerprint density at radius 3 is 1.86 bits per heavy atom. The molecule has 1 heterocycles. The van der Waals surface area contributed by atoms with Gasteiger partial charge >= 0.3 is 0 Å². The van der Waals surface area contributed by atoms with Crippen molar-refractivity contribution in [1.82, 2.24) is 4.57 Å². The molecule has 0 saturated carbocycles. The fourth-order valence-electron chi connectivity index (χ4n) is 2.26. The van der Waals surface area contributed by atoms with Crippen LogP contribution in [-0.4, -0.2) is 14.1 Å². The van der Waals surface area contributed by atoms with Crippen LogP contribution in [0.1, 0.15) is 41.5 Å². The zero-order chi connectivity index (χ0) is 16.3. The molecule has 0 aliphatic heterocycles. The molecular weight excluding hydrogens is 301 g/mol. The van der Waals surface area contributed by atoms with Crippen molar-refractivity contribution in [1.29, 1.82) is 0 Å². The molecule has 118 valence electrons. The minimum Gasteiger partial charge on any atom is -0.337 e. The number of thioether (sulfide) groups is 1. The van der Waals surface area contributed by atoms with E-state index in [-0.39, 0.29) is 12.1 Å². The number of benzene rings is 1. The van der Waals surface area contributed by atoms with Gasteiger partial charge in [-0.15, -0.1) is 0 Å². The lowest BCUT2D eigenvalue weighted by Gasteiger charge is -2.28. The molecule has 0 saturated heterocycles. The molecule has 0 atom stereocenters. The SMILES string of the molecule is CC(C)(C)SC(C)(C)C.Cn1c(SF)cc2ccccc21. The minimum atomic E-state index is 0.284. The van der Waals surface area contributed by atoms with E-state index in [1.807, 2.05) is 53.7 Å². The molecular formula is C17H26FNS2. The molecule has 0 spiro atoms. The van der Waals surface area contributed by atoms with E-state index in [1.165, 1.54) is 0 Å². The number of halogens is 1. The highest BCUT2D eigenvalue weighted by atomic mass is 32.2. The van der Waals surface area contributed by atoms with Gasteiger partial charge < -0.3 is 4.57 Å². The summed E-state index contributed by atoms with van der Waals surface area (Å²) in [6.45, 7) is 13.5. The Bertz CT molecular complexity index is 564. The Morgan fingerprint density at radius 2 is 1.48 bits per heavy atom. The van der Waals surface area contributed by atoms with E-state index in [1.54, 1.807) is 0 Å². The molecule has 0 aliphatic carbocycles. The van der Waals surface area contributed by atoms with Crippen molar-refractivity contribution in [3.8, 4) is 0 Å². The van der Waals surface area contributed by atoms with Crippen LogP contribution in [0.5, 0.6) is 0 Å². The topological polar surface area (TPSA) is 4.93 Å². The number of aryl methyl sites for hydroxylation is 1. The molecule has 2 aromatic rings. The van der Waals surface area contributed by atoms with Crippen molar-refractivity contribution in [2.75, 3.05) is 0 Å². The van der Waals surface area contributed by atoms with Crippen molar-refractivity contribution in [3.05, 3.63) is 30.3 Å². The number of para-hydroxylation sites is 1. The maximum absolute atomic E-state index is 12.3. The average molecular weight is 328 g/mol. The Kier molecular flexibility index (Phi) is 6.23. The molecule has 0 amide bonds. The predicted octanol–water partition coefficient (Wildman–Crippen LogP) is 6.47. The number of nitrogens with zero attached hydrogens (tertiary/aromatic N) is 1. The largest absolute Gasteiger partial charge is 0.337 e. The third-order valence-corrected chi connectivity index (χ3v) is 4.37. The van der Waals surface area contributed by atoms with Crippen molar-refractivity contribution < 1.29 is 3.89 Å². The van der Waals surface area contributed by atoms with Gasteiger partial charge in [0.05, 0.1) is 12.1 Å². The summed E-state index contributed by atoms with van der Waals surface area (Å²) in [5.74, 6) is 0. The van der Waals surface area contributed by atoms with Crippen LogP contribution in [0.25, 0.3) is 10.9 Å². The monoisotopic (exact) mass is 327 g/mol. The van der Waals surface area contributed by atoms with Gasteiger partial charge in [0.25, 0.3) is 0 Å². The van der Waals surface area contributed by atoms with Gasteiger partial charge in [-0.3, -0.25) is 0 Å². The Labute approximate surface area is 137 Å². The quantitative estimate of drug-likeness (QED) is 0.591. The van der Waals surface area contributed by atoms with Crippen LogP contribution in [0.15, 0.2) is 35.4 Å². The van der Waals surface area contributed by atoms with Gasteiger partial charge in [-0.05, 0) is 12.1 Å². The van der Waals surface area contributed by atoms with Crippen molar-refractivity contribution in [2.24, 2.45) is 7.05 Å². The van der Waals surface area contributed by atoms with E-state index < -0.39 is 0 Å². The summed E-state index contributed by atoms with van der Waals surface area (Å²) in [7, 11) is 1.87. The van der Waals surface area contributed by atoms with Crippen molar-refractivity contribution in [2.45, 2.75) is 56.1 Å². The van der Waals surface area contributed by atoms with E-state index in [9.17, 15) is 3.89 Å². The lowest BCUT2D eigenvalue weighted by Crippen LogP contribution is -2.19. The molecule has 0 N–H and O–H groups in total. The average Bonchev–Trinajstić information content (AvgIpc) is 2.63. The minimum absolute atomic E-state index is 0.284. The number of fused-ring (bicyclic) bond motifs is 1. The highest BCUT2D eigenvalue weighted by molar-refractivity contribution is 8.01. The maximum Gasteiger partial charge on any atom is 0.109 e. The first kappa shape index (κ1) is 18.4. The van der Waals surface area contributed by atoms with Crippen molar-refractivity contribution in [3.63, 3.8) is 0 Å². The van der Waals surface area contributed by atoms with Crippen LogP contribution in [-0.2, 0) is 7.05 Å². The summed E-state index contributed by atoms with van der Waals surface area (Å²) in [6, 6.07) is 9.72. The normalized spacial score (nSPS) is 12.2. The Hall–Kier alpha value is -0.610. The maximum atomic E-state index is 12.3. The van der Waals surface area contributed by atoms with Crippen molar-refractivity contribution >= 4 is 34.8 Å². The molecule has 1 nitrogen and oxygen atoms in total. The fraction of sp³-hybridized carbons (Fsp3) is 0.529. The molecule has 0 radical (unpaired) electrons. The predicted molar refractivity (Wildman–Crippen MR) is 97.0 cm³/mol. The van der Waals surface area contributed by atoms with Gasteiger partial charge in [0, 0.05) is 27.4 Å². The van der Waals surface area contributed by atoms with Crippen LogP contribution in [0.3, 0.4) is 0 Å². The lowest BCUT2D eigenvalue weighted by atomic mass is 10.2. The van der Waals surface area contributed by atoms with Crippen LogP contribution in [0, 0.1) is 0 Å². The number of hydrogen-bond acceptors (Lipinski definition) is 2. The standard InChI is InChI=1S/C9H8FNS.C8H18S/c1-11-8-5-3-2-4-7(8)6-9(11)12-10;1-7(2,3)9-8(4,5)6/h2-6H,1H3;1-6H3. The number of aromatic nitrogens is 1. The molecule has 2 rings (SSSR count). The highest BCUT2D eigenvalue weighted by Crippen LogP contribution is 2.35. The van der Waals surface area contributed by atoms with E-state index in [2.05, 4.69) is 41.5 Å². The van der Waals surface area contributed by atoms with Crippen LogP contribution >= 0.6 is 23.9 Å². The van der Waals surface area contributed by atoms with Crippen LogP contribution in [0.2, 0.25) is 0 Å². The van der Waals surface area contributed by atoms with Gasteiger partial charge in [-0.25, -0.2) is 0 Å². The number of rotatable bonds is 1. The first-order valence-electron chi connectivity index (χ1n) is 7.07. The number of hydrogen-bond donors (Lipinski definition) is 0.